The highest BCUT2D eigenvalue weighted by Gasteiger charge is 2.16. The van der Waals surface area contributed by atoms with E-state index in [9.17, 15) is 9.18 Å². The van der Waals surface area contributed by atoms with E-state index in [1.54, 1.807) is 26.8 Å². The van der Waals surface area contributed by atoms with Gasteiger partial charge in [-0.2, -0.15) is 0 Å². The summed E-state index contributed by atoms with van der Waals surface area (Å²) in [6, 6.07) is 6.25. The van der Waals surface area contributed by atoms with E-state index in [-0.39, 0.29) is 11.9 Å². The fourth-order valence-electron chi connectivity index (χ4n) is 1.68. The number of hydrogen-bond donors (Lipinski definition) is 2. The van der Waals surface area contributed by atoms with Gasteiger partial charge in [-0.15, -0.1) is 0 Å². The number of halogens is 1. The number of amides is 1. The molecule has 0 heterocycles. The van der Waals surface area contributed by atoms with Crippen molar-refractivity contribution >= 4 is 6.09 Å². The molecule has 1 aromatic carbocycles. The van der Waals surface area contributed by atoms with Crippen LogP contribution < -0.4 is 11.1 Å². The Balaban J connectivity index is 2.27. The monoisotopic (exact) mass is 282 g/mol. The van der Waals surface area contributed by atoms with Gasteiger partial charge in [0.25, 0.3) is 0 Å². The molecule has 0 saturated heterocycles. The lowest BCUT2D eigenvalue weighted by atomic mass is 10.1. The van der Waals surface area contributed by atoms with Gasteiger partial charge in [0.05, 0.1) is 0 Å². The lowest BCUT2D eigenvalue weighted by molar-refractivity contribution is 0.0524. The zero-order valence-electron chi connectivity index (χ0n) is 12.3. The number of carbonyl (C=O) groups is 1. The highest BCUT2D eigenvalue weighted by molar-refractivity contribution is 5.67. The first-order valence-electron chi connectivity index (χ1n) is 6.73. The van der Waals surface area contributed by atoms with Gasteiger partial charge in [0.15, 0.2) is 0 Å². The van der Waals surface area contributed by atoms with Crippen molar-refractivity contribution in [3.05, 3.63) is 35.6 Å². The van der Waals surface area contributed by atoms with E-state index in [1.165, 1.54) is 12.1 Å². The van der Waals surface area contributed by atoms with Crippen molar-refractivity contribution in [3.8, 4) is 0 Å². The maximum absolute atomic E-state index is 13.0. The standard InChI is InChI=1S/C15H23FN2O2/c1-15(2,3)20-14(19)18-10-13(17)8-7-11-5-4-6-12(16)9-11/h4-6,9,13H,7-8,10,17H2,1-3H3,(H,18,19). The van der Waals surface area contributed by atoms with Crippen molar-refractivity contribution in [2.75, 3.05) is 6.54 Å². The smallest absolute Gasteiger partial charge is 0.407 e. The van der Waals surface area contributed by atoms with E-state index in [0.29, 0.717) is 19.4 Å². The number of carbonyl (C=O) groups excluding carboxylic acids is 1. The van der Waals surface area contributed by atoms with E-state index < -0.39 is 11.7 Å². The molecule has 0 spiro atoms. The van der Waals surface area contributed by atoms with Crippen LogP contribution in [0.4, 0.5) is 9.18 Å². The van der Waals surface area contributed by atoms with Crippen LogP contribution in [0, 0.1) is 5.82 Å². The number of hydrogen-bond acceptors (Lipinski definition) is 3. The van der Waals surface area contributed by atoms with Crippen LogP contribution in [0.2, 0.25) is 0 Å². The van der Waals surface area contributed by atoms with Crippen LogP contribution in [0.5, 0.6) is 0 Å². The second-order valence-corrected chi connectivity index (χ2v) is 5.81. The zero-order valence-corrected chi connectivity index (χ0v) is 12.3. The normalized spacial score (nSPS) is 12.8. The number of benzene rings is 1. The van der Waals surface area contributed by atoms with Crippen LogP contribution >= 0.6 is 0 Å². The molecule has 1 aromatic rings. The summed E-state index contributed by atoms with van der Waals surface area (Å²) in [4.78, 5) is 11.4. The van der Waals surface area contributed by atoms with Gasteiger partial charge in [-0.25, -0.2) is 9.18 Å². The van der Waals surface area contributed by atoms with Crippen molar-refractivity contribution in [1.82, 2.24) is 5.32 Å². The number of nitrogens with two attached hydrogens (primary N) is 1. The van der Waals surface area contributed by atoms with E-state index >= 15 is 0 Å². The second kappa shape index (κ2) is 7.24. The quantitative estimate of drug-likeness (QED) is 0.872. The maximum atomic E-state index is 13.0. The molecule has 20 heavy (non-hydrogen) atoms. The highest BCUT2D eigenvalue weighted by Crippen LogP contribution is 2.08. The summed E-state index contributed by atoms with van der Waals surface area (Å²) in [6.45, 7) is 5.74. The summed E-state index contributed by atoms with van der Waals surface area (Å²) in [5.74, 6) is -0.247. The van der Waals surface area contributed by atoms with Gasteiger partial charge >= 0.3 is 6.09 Å². The van der Waals surface area contributed by atoms with Crippen molar-refractivity contribution in [2.24, 2.45) is 5.73 Å². The summed E-state index contributed by atoms with van der Waals surface area (Å²) in [5.41, 5.74) is 6.29. The lowest BCUT2D eigenvalue weighted by Gasteiger charge is -2.20. The fourth-order valence-corrected chi connectivity index (χ4v) is 1.68. The molecule has 0 aromatic heterocycles. The lowest BCUT2D eigenvalue weighted by Crippen LogP contribution is -2.40. The van der Waals surface area contributed by atoms with Gasteiger partial charge in [-0.1, -0.05) is 12.1 Å². The second-order valence-electron chi connectivity index (χ2n) is 5.81. The topological polar surface area (TPSA) is 64.3 Å². The van der Waals surface area contributed by atoms with Crippen molar-refractivity contribution in [2.45, 2.75) is 45.3 Å². The van der Waals surface area contributed by atoms with E-state index in [0.717, 1.165) is 5.56 Å². The molecule has 3 N–H and O–H groups in total. The number of aryl methyl sites for hydroxylation is 1. The van der Waals surface area contributed by atoms with Crippen LogP contribution in [0.1, 0.15) is 32.8 Å². The molecule has 4 nitrogen and oxygen atoms in total. The van der Waals surface area contributed by atoms with Crippen LogP contribution in [-0.2, 0) is 11.2 Å². The third kappa shape index (κ3) is 7.09. The molecule has 0 aliphatic carbocycles. The van der Waals surface area contributed by atoms with Crippen molar-refractivity contribution < 1.29 is 13.9 Å². The number of ether oxygens (including phenoxy) is 1. The molecule has 0 fully saturated rings. The first kappa shape index (κ1) is 16.4. The maximum Gasteiger partial charge on any atom is 0.407 e. The SMILES string of the molecule is CC(C)(C)OC(=O)NCC(N)CCc1cccc(F)c1. The fraction of sp³-hybridized carbons (Fsp3) is 0.533. The van der Waals surface area contributed by atoms with Crippen molar-refractivity contribution in [1.29, 1.82) is 0 Å². The summed E-state index contributed by atoms with van der Waals surface area (Å²) >= 11 is 0. The molecule has 0 radical (unpaired) electrons. The van der Waals surface area contributed by atoms with E-state index in [4.69, 9.17) is 10.5 Å². The largest absolute Gasteiger partial charge is 0.444 e. The van der Waals surface area contributed by atoms with E-state index in [1.807, 2.05) is 6.07 Å². The highest BCUT2D eigenvalue weighted by atomic mass is 19.1. The number of nitrogens with one attached hydrogen (secondary N) is 1. The molecule has 0 saturated carbocycles. The Morgan fingerprint density at radius 3 is 2.75 bits per heavy atom. The first-order valence-corrected chi connectivity index (χ1v) is 6.73. The van der Waals surface area contributed by atoms with Crippen LogP contribution in [0.3, 0.4) is 0 Å². The molecule has 0 aliphatic heterocycles. The molecule has 1 amide bonds. The molecule has 1 unspecified atom stereocenters. The Hall–Kier alpha value is -1.62. The molecule has 1 rings (SSSR count). The van der Waals surface area contributed by atoms with Crippen LogP contribution in [0.15, 0.2) is 24.3 Å². The van der Waals surface area contributed by atoms with Crippen molar-refractivity contribution in [3.63, 3.8) is 0 Å². The molecule has 112 valence electrons. The average molecular weight is 282 g/mol. The zero-order chi connectivity index (χ0) is 15.2. The first-order chi connectivity index (χ1) is 9.26. The Kier molecular flexibility index (Phi) is 5.95. The predicted octanol–water partition coefficient (Wildman–Crippen LogP) is 2.61. The third-order valence-corrected chi connectivity index (χ3v) is 2.60. The van der Waals surface area contributed by atoms with Gasteiger partial charge in [0, 0.05) is 12.6 Å². The summed E-state index contributed by atoms with van der Waals surface area (Å²) in [5, 5.41) is 2.63. The predicted molar refractivity (Wildman–Crippen MR) is 76.9 cm³/mol. The Bertz CT molecular complexity index is 444. The summed E-state index contributed by atoms with van der Waals surface area (Å²) in [6.07, 6.45) is 0.868. The van der Waals surface area contributed by atoms with Crippen LogP contribution in [0.25, 0.3) is 0 Å². The minimum Gasteiger partial charge on any atom is -0.444 e. The van der Waals surface area contributed by atoms with E-state index in [2.05, 4.69) is 5.32 Å². The minimum atomic E-state index is -0.518. The van der Waals surface area contributed by atoms with Gasteiger partial charge in [-0.3, -0.25) is 0 Å². The van der Waals surface area contributed by atoms with Gasteiger partial charge in [0.2, 0.25) is 0 Å². The van der Waals surface area contributed by atoms with Gasteiger partial charge < -0.3 is 15.8 Å². The molecule has 5 heteroatoms. The average Bonchev–Trinajstić information content (AvgIpc) is 2.32. The summed E-state index contributed by atoms with van der Waals surface area (Å²) in [7, 11) is 0. The Morgan fingerprint density at radius 1 is 1.45 bits per heavy atom. The third-order valence-electron chi connectivity index (χ3n) is 2.60. The number of rotatable bonds is 5. The van der Waals surface area contributed by atoms with Gasteiger partial charge in [-0.05, 0) is 51.3 Å². The Morgan fingerprint density at radius 2 is 2.15 bits per heavy atom. The summed E-state index contributed by atoms with van der Waals surface area (Å²) < 4.78 is 18.1. The Labute approximate surface area is 119 Å². The van der Waals surface area contributed by atoms with Crippen LogP contribution in [-0.4, -0.2) is 24.3 Å². The molecular weight excluding hydrogens is 259 g/mol. The van der Waals surface area contributed by atoms with Gasteiger partial charge in [0.1, 0.15) is 11.4 Å². The molecule has 1 atom stereocenters. The minimum absolute atomic E-state index is 0.189. The molecule has 0 bridgehead atoms. The molecular formula is C15H23FN2O2. The number of alkyl carbamates (subject to hydrolysis) is 1. The molecule has 0 aliphatic rings.